The van der Waals surface area contributed by atoms with Gasteiger partial charge in [-0.2, -0.15) is 0 Å². The Labute approximate surface area is 775 Å². The van der Waals surface area contributed by atoms with Gasteiger partial charge in [-0.1, -0.05) is 94.3 Å². The molecule has 0 unspecified atom stereocenters. The van der Waals surface area contributed by atoms with Gasteiger partial charge in [0.05, 0.1) is 16.7 Å². The number of phenolic OH excluding ortho intramolecular Hbond substituents is 2. The van der Waals surface area contributed by atoms with Crippen molar-refractivity contribution in [3.63, 3.8) is 0 Å². The minimum Gasteiger partial charge on any atom is -0.507 e. The van der Waals surface area contributed by atoms with Crippen molar-refractivity contribution in [2.45, 2.75) is 74.0 Å². The number of unbranched alkanes of at least 4 members (excludes halogenated alkanes) is 2. The summed E-state index contributed by atoms with van der Waals surface area (Å²) in [5.74, 6) is -30.4. The molecule has 1 atom stereocenters. The molecule has 0 aliphatic carbocycles. The van der Waals surface area contributed by atoms with E-state index in [0.717, 1.165) is 63.3 Å². The maximum absolute atomic E-state index is 14.0. The summed E-state index contributed by atoms with van der Waals surface area (Å²) in [6, 6.07) is 17.8. The molecule has 8 amide bonds. The molecule has 0 fully saturated rings. The van der Waals surface area contributed by atoms with E-state index in [-0.39, 0.29) is 101 Å². The second-order valence-electron chi connectivity index (χ2n) is 25.6. The first-order chi connectivity index (χ1) is 63.8. The first kappa shape index (κ1) is 111. The highest BCUT2D eigenvalue weighted by molar-refractivity contribution is 8.77. The topological polar surface area (TPSA) is 584 Å². The predicted octanol–water partition coefficient (Wildman–Crippen LogP) is 17.0. The summed E-state index contributed by atoms with van der Waals surface area (Å²) in [7, 11) is 5.40. The second-order valence-corrected chi connectivity index (χ2v) is 37.7. The number of amides is 8. The number of hydrogen-bond acceptors (Lipinski definition) is 29. The number of nitrogens with one attached hydrogen (secondary N) is 4. The SMILES string of the molecule is C=[N+]=Nc1c(F)c(F)c(C(=O)CCCSSCCN2C(=O)C=CC2=O)c(F)c1F.CS(=O)(=O)SC[C@H](NC(=O)c1c(F)c(F)c(N=[N+]=[N-])c(F)c1F)C(=O)O.[N-]=[N+]=Nc1c(F)c(F)c(CNC(=O)CCN2C(=O)C=CC2=O)c(F)c1F.[N-]=[N+]=Nc1ccc(C(=O)NCCCCCC(=O)CCSSc2ccccn2)c(O)c1.[N-]=[N+]=Nc1ccc(C(=O)NCCSSc2ccccn2)c(O)c1. The molecule has 2 aliphatic heterocycles. The molecule has 0 saturated heterocycles. The number of aromatic nitrogens is 2. The van der Waals surface area contributed by atoms with Crippen LogP contribution in [0.1, 0.15) is 98.4 Å². The molecule has 134 heavy (non-hydrogen) atoms. The Morgan fingerprint density at radius 1 is 0.485 bits per heavy atom. The third-order valence-electron chi connectivity index (χ3n) is 16.5. The number of benzene rings is 5. The molecule has 58 heteroatoms. The lowest BCUT2D eigenvalue weighted by Crippen LogP contribution is -2.43. The van der Waals surface area contributed by atoms with Crippen LogP contribution in [0.25, 0.3) is 41.8 Å². The highest BCUT2D eigenvalue weighted by Crippen LogP contribution is 2.37. The predicted molar refractivity (Wildman–Crippen MR) is 470 cm³/mol. The summed E-state index contributed by atoms with van der Waals surface area (Å²) < 4.78 is 187. The number of ketones is 2. The van der Waals surface area contributed by atoms with Crippen molar-refractivity contribution in [1.29, 1.82) is 0 Å². The van der Waals surface area contributed by atoms with Crippen LogP contribution in [0.15, 0.2) is 145 Å². The van der Waals surface area contributed by atoms with Gasteiger partial charge >= 0.3 is 5.97 Å². The third kappa shape index (κ3) is 35.3. The lowest BCUT2D eigenvalue weighted by atomic mass is 10.0. The van der Waals surface area contributed by atoms with Crippen LogP contribution in [-0.2, 0) is 49.0 Å². The van der Waals surface area contributed by atoms with E-state index >= 15 is 0 Å². The quantitative estimate of drug-likeness (QED) is 0.00178. The number of aliphatic carboxylic acids is 1. The number of Topliss-reactive ketones (excluding diaryl/α,β-unsaturated/α-hetero) is 2. The maximum atomic E-state index is 14.0. The number of rotatable bonds is 43. The zero-order valence-electron chi connectivity index (χ0n) is 68.4. The van der Waals surface area contributed by atoms with Gasteiger partial charge in [0.15, 0.2) is 84.5 Å². The molecule has 5 aromatic carbocycles. The van der Waals surface area contributed by atoms with E-state index in [2.05, 4.69) is 72.4 Å². The minimum absolute atomic E-state index is 0.117. The second kappa shape index (κ2) is 57.2. The number of halogens is 12. The average Bonchev–Trinajstić information content (AvgIpc) is 0.949. The number of nitrogens with zero attached hydrogens (tertiary/aromatic N) is 18. The number of carboxylic acids is 1. The number of pyridine rings is 2. The first-order valence-electron chi connectivity index (χ1n) is 37.4. The number of azide groups is 4. The van der Waals surface area contributed by atoms with E-state index in [1.54, 1.807) is 50.1 Å². The van der Waals surface area contributed by atoms with Crippen LogP contribution < -0.4 is 21.3 Å². The third-order valence-corrected chi connectivity index (χ3v) is 26.1. The van der Waals surface area contributed by atoms with Crippen molar-refractivity contribution >= 4 is 184 Å². The Kier molecular flexibility index (Phi) is 47.4. The van der Waals surface area contributed by atoms with E-state index < -0.39 is 172 Å². The largest absolute Gasteiger partial charge is 0.507 e. The molecule has 7 aromatic rings. The highest BCUT2D eigenvalue weighted by atomic mass is 33.1. The number of phenols is 2. The van der Waals surface area contributed by atoms with Crippen LogP contribution in [0.2, 0.25) is 0 Å². The Hall–Kier alpha value is -13.4. The van der Waals surface area contributed by atoms with Crippen LogP contribution in [-0.4, -0.2) is 187 Å². The molecular formula is C76H67F12N22O16S8+. The highest BCUT2D eigenvalue weighted by Gasteiger charge is 2.35. The summed E-state index contributed by atoms with van der Waals surface area (Å²) in [5, 5.41) is 54.0. The van der Waals surface area contributed by atoms with Gasteiger partial charge in [-0.15, -0.1) is 0 Å². The van der Waals surface area contributed by atoms with Gasteiger partial charge in [-0.05, 0) is 122 Å². The van der Waals surface area contributed by atoms with E-state index in [0.29, 0.717) is 43.2 Å². The molecule has 7 N–H and O–H groups in total. The summed E-state index contributed by atoms with van der Waals surface area (Å²) in [5.41, 5.74) is 25.1. The Balaban J connectivity index is 0.000000297. The molecular weight excluding hydrogens is 1960 g/mol. The molecule has 0 bridgehead atoms. The fraction of sp³-hybridized carbons (Fsp3) is 0.263. The van der Waals surface area contributed by atoms with E-state index in [1.165, 1.54) is 80.9 Å². The normalized spacial score (nSPS) is 11.8. The van der Waals surface area contributed by atoms with Crippen molar-refractivity contribution in [3.05, 3.63) is 249 Å². The summed E-state index contributed by atoms with van der Waals surface area (Å²) in [6.07, 6.45) is 11.6. The van der Waals surface area contributed by atoms with Gasteiger partial charge in [0.25, 0.3) is 48.1 Å². The summed E-state index contributed by atoms with van der Waals surface area (Å²) in [6.45, 7) is 2.82. The summed E-state index contributed by atoms with van der Waals surface area (Å²) >= 11 is 0. The van der Waals surface area contributed by atoms with Crippen molar-refractivity contribution in [2.24, 2.45) is 25.6 Å². The van der Waals surface area contributed by atoms with E-state index in [4.69, 9.17) is 27.2 Å². The molecule has 708 valence electrons. The molecule has 0 saturated carbocycles. The van der Waals surface area contributed by atoms with Crippen molar-refractivity contribution < 1.29 is 134 Å². The van der Waals surface area contributed by atoms with Crippen LogP contribution in [0, 0.1) is 69.8 Å². The average molecular weight is 2030 g/mol. The fourth-order valence-electron chi connectivity index (χ4n) is 10.1. The lowest BCUT2D eigenvalue weighted by molar-refractivity contribution is -0.139. The van der Waals surface area contributed by atoms with E-state index in [9.17, 15) is 124 Å². The number of hydrogen-bond donors (Lipinski definition) is 7. The van der Waals surface area contributed by atoms with Crippen molar-refractivity contribution in [1.82, 2.24) is 41.0 Å². The number of carboxylic acid groups (broad SMARTS) is 1. The van der Waals surface area contributed by atoms with Gasteiger partial charge in [-0.25, -0.2) is 75.9 Å². The maximum Gasteiger partial charge on any atom is 0.327 e. The van der Waals surface area contributed by atoms with Gasteiger partial charge in [-0.3, -0.25) is 57.7 Å². The Morgan fingerprint density at radius 3 is 1.38 bits per heavy atom. The molecule has 0 spiro atoms. The molecule has 2 aliphatic rings. The molecule has 38 nitrogen and oxygen atoms in total. The molecule has 0 radical (unpaired) electrons. The zero-order valence-corrected chi connectivity index (χ0v) is 74.9. The lowest BCUT2D eigenvalue weighted by Gasteiger charge is -2.15. The van der Waals surface area contributed by atoms with Gasteiger partial charge in [0.2, 0.25) is 11.6 Å². The standard InChI is InChI=1S/C20H23N5O3S2.C17H14F4N3O3S2.C14H9F4N5O3.C14H13N5O2S2.C11H8F4N4O5S2/c21-25-24-15-8-9-17(18(27)14-15)20(28)23-12-4-1-2-6-16(26)10-13-29-30-19-7-3-5-11-22-19;1-22-23-17-15(20)13(18)12(14(19)16(17)21)9(25)3-2-7-28-29-8-6-24-10(26)4-5-11(24)27;15-10-6(11(16)13(18)14(12(10)17)21-22-19)5-20-7(24)3-4-23-8(25)1-2-9(23)26;15-19-18-10-4-5-11(12(20)9-10)14(21)17-7-8-22-23-13-3-1-2-6-16-13;1-26(23,24)25-2-3(11(21)22)17-10(20)4-5(12)7(14)9(18-19-16)8(15)6(4)13/h3,5,7-9,11,14,27H,1-2,4,6,10,12-13H2,(H,23,28);4-5H,1-3,6-8H2;1-2H,3-5H2,(H,20,24);1-6,9,20H,7-8H2,(H,17,21);3H,2H2,1H3,(H,17,20)(H,21,22)/q;+1;;;/t;;;;3-/m....0/s1. The number of carbonyl (C=O) groups excluding carboxylic acids is 10. The zero-order chi connectivity index (χ0) is 99.3. The van der Waals surface area contributed by atoms with Crippen molar-refractivity contribution in [2.75, 3.05) is 61.2 Å². The minimum atomic E-state index is -3.71. The van der Waals surface area contributed by atoms with Crippen LogP contribution in [0.3, 0.4) is 0 Å². The number of carbonyl (C=O) groups is 11. The number of aromatic hydroxyl groups is 2. The van der Waals surface area contributed by atoms with Gasteiger partial charge in [0.1, 0.15) is 55.4 Å². The van der Waals surface area contributed by atoms with Crippen molar-refractivity contribution in [3.8, 4) is 11.5 Å². The van der Waals surface area contributed by atoms with Gasteiger partial charge in [0, 0.05) is 171 Å². The smallest absolute Gasteiger partial charge is 0.327 e. The monoisotopic (exact) mass is 2030 g/mol. The Bertz CT molecular complexity index is 5890. The van der Waals surface area contributed by atoms with Crippen LogP contribution in [0.4, 0.5) is 81.1 Å². The van der Waals surface area contributed by atoms with Crippen LogP contribution in [0.5, 0.6) is 11.5 Å². The first-order valence-corrected chi connectivity index (χ1v) is 47.9. The van der Waals surface area contributed by atoms with Crippen LogP contribution >= 0.6 is 75.6 Å². The molecule has 9 rings (SSSR count). The fourth-order valence-corrected chi connectivity index (χ4v) is 17.6. The molecule has 2 aromatic heterocycles. The Morgan fingerprint density at radius 2 is 0.933 bits per heavy atom. The summed E-state index contributed by atoms with van der Waals surface area (Å²) in [4.78, 5) is 150. The van der Waals surface area contributed by atoms with Gasteiger partial charge < -0.3 is 36.6 Å². The molecule has 4 heterocycles. The number of imide groups is 2. The van der Waals surface area contributed by atoms with E-state index in [1.807, 2.05) is 46.6 Å².